The molecule has 1 aromatic heterocycles. The van der Waals surface area contributed by atoms with E-state index in [4.69, 9.17) is 0 Å². The number of nitrogens with zero attached hydrogens (tertiary/aromatic N) is 2. The molecule has 2 fully saturated rings. The minimum absolute atomic E-state index is 0. The molecule has 8 heteroatoms. The highest BCUT2D eigenvalue weighted by atomic mass is 35.5. The van der Waals surface area contributed by atoms with Crippen molar-refractivity contribution in [3.05, 3.63) is 23.9 Å². The van der Waals surface area contributed by atoms with Crippen LogP contribution in [0.4, 0.5) is 5.82 Å². The zero-order valence-electron chi connectivity index (χ0n) is 15.8. The highest BCUT2D eigenvalue weighted by Crippen LogP contribution is 2.21. The van der Waals surface area contributed by atoms with Crippen molar-refractivity contribution in [2.75, 3.05) is 31.5 Å². The van der Waals surface area contributed by atoms with Gasteiger partial charge in [-0.15, -0.1) is 24.8 Å². The van der Waals surface area contributed by atoms with Gasteiger partial charge in [-0.3, -0.25) is 9.59 Å². The number of hydrogen-bond acceptors (Lipinski definition) is 4. The molecule has 0 saturated carbocycles. The second kappa shape index (κ2) is 11.5. The Hall–Kier alpha value is -1.37. The van der Waals surface area contributed by atoms with Gasteiger partial charge in [0.2, 0.25) is 11.8 Å². The topological polar surface area (TPSA) is 74.3 Å². The molecule has 0 bridgehead atoms. The van der Waals surface area contributed by atoms with Crippen LogP contribution in [-0.2, 0) is 9.59 Å². The minimum Gasteiger partial charge on any atom is -0.342 e. The fraction of sp³-hybridized carbons (Fsp3) is 0.632. The number of rotatable bonds is 5. The number of aromatic nitrogens is 1. The van der Waals surface area contributed by atoms with E-state index in [2.05, 4.69) is 15.6 Å². The van der Waals surface area contributed by atoms with Gasteiger partial charge in [0.1, 0.15) is 5.82 Å². The average molecular weight is 417 g/mol. The Bertz CT molecular complexity index is 606. The SMILES string of the molecule is Cc1ccc(NC(=O)C2CCCN(C(=O)CCC3CCNC3)C2)nc1.Cl.Cl. The van der Waals surface area contributed by atoms with E-state index in [1.165, 1.54) is 6.42 Å². The van der Waals surface area contributed by atoms with Crippen molar-refractivity contribution >= 4 is 42.4 Å². The predicted molar refractivity (Wildman–Crippen MR) is 112 cm³/mol. The molecule has 2 atom stereocenters. The van der Waals surface area contributed by atoms with E-state index in [0.717, 1.165) is 44.5 Å². The van der Waals surface area contributed by atoms with E-state index in [-0.39, 0.29) is 42.5 Å². The molecule has 2 saturated heterocycles. The maximum absolute atomic E-state index is 12.5. The van der Waals surface area contributed by atoms with Gasteiger partial charge >= 0.3 is 0 Å². The third-order valence-electron chi connectivity index (χ3n) is 5.24. The molecule has 0 radical (unpaired) electrons. The summed E-state index contributed by atoms with van der Waals surface area (Å²) in [4.78, 5) is 31.1. The molecule has 2 amide bonds. The maximum Gasteiger partial charge on any atom is 0.230 e. The highest BCUT2D eigenvalue weighted by molar-refractivity contribution is 5.92. The number of hydrogen-bond donors (Lipinski definition) is 2. The summed E-state index contributed by atoms with van der Waals surface area (Å²) in [6.45, 7) is 5.36. The van der Waals surface area contributed by atoms with Crippen LogP contribution in [0.25, 0.3) is 0 Å². The lowest BCUT2D eigenvalue weighted by Gasteiger charge is -2.32. The number of halogens is 2. The molecule has 3 heterocycles. The molecule has 2 N–H and O–H groups in total. The molecule has 27 heavy (non-hydrogen) atoms. The van der Waals surface area contributed by atoms with Gasteiger partial charge in [-0.05, 0) is 63.2 Å². The largest absolute Gasteiger partial charge is 0.342 e. The van der Waals surface area contributed by atoms with E-state index in [9.17, 15) is 9.59 Å². The molecular formula is C19H30Cl2N4O2. The molecular weight excluding hydrogens is 387 g/mol. The van der Waals surface area contributed by atoms with Gasteiger partial charge in [-0.25, -0.2) is 4.98 Å². The van der Waals surface area contributed by atoms with Crippen LogP contribution >= 0.6 is 24.8 Å². The van der Waals surface area contributed by atoms with Gasteiger partial charge in [0.05, 0.1) is 5.92 Å². The summed E-state index contributed by atoms with van der Waals surface area (Å²) in [7, 11) is 0. The first-order valence-electron chi connectivity index (χ1n) is 9.34. The van der Waals surface area contributed by atoms with Crippen LogP contribution in [0.2, 0.25) is 0 Å². The Morgan fingerprint density at radius 2 is 2.11 bits per heavy atom. The number of aryl methyl sites for hydroxylation is 1. The van der Waals surface area contributed by atoms with Crippen molar-refractivity contribution in [1.82, 2.24) is 15.2 Å². The number of pyridine rings is 1. The summed E-state index contributed by atoms with van der Waals surface area (Å²) in [6.07, 6.45) is 6.17. The van der Waals surface area contributed by atoms with Gasteiger partial charge in [0.25, 0.3) is 0 Å². The number of amides is 2. The molecule has 1 aromatic rings. The average Bonchev–Trinajstić information content (AvgIpc) is 3.15. The van der Waals surface area contributed by atoms with E-state index in [0.29, 0.717) is 24.7 Å². The molecule has 6 nitrogen and oxygen atoms in total. The monoisotopic (exact) mass is 416 g/mol. The zero-order chi connectivity index (χ0) is 17.6. The first-order chi connectivity index (χ1) is 12.1. The highest BCUT2D eigenvalue weighted by Gasteiger charge is 2.29. The molecule has 0 spiro atoms. The van der Waals surface area contributed by atoms with Crippen LogP contribution in [0.3, 0.4) is 0 Å². The Balaban J connectivity index is 0.00000182. The summed E-state index contributed by atoms with van der Waals surface area (Å²) in [5, 5.41) is 6.22. The number of likely N-dealkylation sites (tertiary alicyclic amines) is 1. The van der Waals surface area contributed by atoms with E-state index < -0.39 is 0 Å². The number of nitrogens with one attached hydrogen (secondary N) is 2. The van der Waals surface area contributed by atoms with Crippen LogP contribution in [0, 0.1) is 18.8 Å². The summed E-state index contributed by atoms with van der Waals surface area (Å²) in [5.41, 5.74) is 1.06. The second-order valence-corrected chi connectivity index (χ2v) is 7.29. The Labute approximate surface area is 173 Å². The predicted octanol–water partition coefficient (Wildman–Crippen LogP) is 2.80. The first-order valence-corrected chi connectivity index (χ1v) is 9.34. The molecule has 152 valence electrons. The van der Waals surface area contributed by atoms with Crippen LogP contribution in [-0.4, -0.2) is 47.9 Å². The number of piperidine rings is 1. The number of carbonyl (C=O) groups is 2. The third-order valence-corrected chi connectivity index (χ3v) is 5.24. The van der Waals surface area contributed by atoms with Gasteiger partial charge in [-0.1, -0.05) is 6.07 Å². The summed E-state index contributed by atoms with van der Waals surface area (Å²) in [6, 6.07) is 3.74. The van der Waals surface area contributed by atoms with E-state index in [1.54, 1.807) is 6.20 Å². The quantitative estimate of drug-likeness (QED) is 0.773. The molecule has 2 aliphatic rings. The van der Waals surface area contributed by atoms with Crippen molar-refractivity contribution in [2.45, 2.75) is 39.0 Å². The van der Waals surface area contributed by atoms with Gasteiger partial charge in [0.15, 0.2) is 0 Å². The fourth-order valence-electron chi connectivity index (χ4n) is 3.63. The molecule has 0 aromatic carbocycles. The Kier molecular flexibility index (Phi) is 10.1. The van der Waals surface area contributed by atoms with Crippen molar-refractivity contribution in [3.8, 4) is 0 Å². The second-order valence-electron chi connectivity index (χ2n) is 7.29. The Morgan fingerprint density at radius 3 is 2.78 bits per heavy atom. The zero-order valence-corrected chi connectivity index (χ0v) is 17.4. The summed E-state index contributed by atoms with van der Waals surface area (Å²) < 4.78 is 0. The van der Waals surface area contributed by atoms with E-state index >= 15 is 0 Å². The van der Waals surface area contributed by atoms with Crippen LogP contribution in [0.1, 0.15) is 37.7 Å². The van der Waals surface area contributed by atoms with Crippen molar-refractivity contribution in [2.24, 2.45) is 11.8 Å². The molecule has 3 rings (SSSR count). The normalized spacial score (nSPS) is 21.7. The Morgan fingerprint density at radius 1 is 1.30 bits per heavy atom. The number of anilines is 1. The smallest absolute Gasteiger partial charge is 0.230 e. The van der Waals surface area contributed by atoms with Crippen LogP contribution in [0.5, 0.6) is 0 Å². The minimum atomic E-state index is -0.144. The van der Waals surface area contributed by atoms with Crippen molar-refractivity contribution in [1.29, 1.82) is 0 Å². The van der Waals surface area contributed by atoms with Gasteiger partial charge < -0.3 is 15.5 Å². The molecule has 2 aliphatic heterocycles. The first kappa shape index (κ1) is 23.7. The third kappa shape index (κ3) is 6.94. The molecule has 0 aliphatic carbocycles. The lowest BCUT2D eigenvalue weighted by molar-refractivity contribution is -0.134. The van der Waals surface area contributed by atoms with Gasteiger partial charge in [0, 0.05) is 25.7 Å². The fourth-order valence-corrected chi connectivity index (χ4v) is 3.63. The van der Waals surface area contributed by atoms with Gasteiger partial charge in [-0.2, -0.15) is 0 Å². The molecule has 2 unspecified atom stereocenters. The van der Waals surface area contributed by atoms with Crippen LogP contribution in [0.15, 0.2) is 18.3 Å². The van der Waals surface area contributed by atoms with E-state index in [1.807, 2.05) is 24.0 Å². The number of carbonyl (C=O) groups excluding carboxylic acids is 2. The summed E-state index contributed by atoms with van der Waals surface area (Å²) in [5.74, 6) is 1.22. The van der Waals surface area contributed by atoms with Crippen molar-refractivity contribution in [3.63, 3.8) is 0 Å². The standard InChI is InChI=1S/C19H28N4O2.2ClH/c1-14-4-6-17(21-11-14)22-19(25)16-3-2-10-23(13-16)18(24)7-5-15-8-9-20-12-15;;/h4,6,11,15-16,20H,2-3,5,7-10,12-13H2,1H3,(H,21,22,25);2*1H. The lowest BCUT2D eigenvalue weighted by atomic mass is 9.96. The maximum atomic E-state index is 12.5. The summed E-state index contributed by atoms with van der Waals surface area (Å²) >= 11 is 0. The van der Waals surface area contributed by atoms with Crippen molar-refractivity contribution < 1.29 is 9.59 Å². The van der Waals surface area contributed by atoms with Crippen LogP contribution < -0.4 is 10.6 Å². The lowest BCUT2D eigenvalue weighted by Crippen LogP contribution is -2.43.